The van der Waals surface area contributed by atoms with Gasteiger partial charge in [0.25, 0.3) is 11.8 Å². The van der Waals surface area contributed by atoms with Gasteiger partial charge in [-0.05, 0) is 43.7 Å². The summed E-state index contributed by atoms with van der Waals surface area (Å²) in [4.78, 5) is 40.9. The van der Waals surface area contributed by atoms with Crippen molar-refractivity contribution < 1.29 is 14.3 Å². The molecular weight excluding hydrogens is 436 g/mol. The Morgan fingerprint density at radius 1 is 0.939 bits per heavy atom. The molecule has 0 spiro atoms. The molecule has 4 rings (SSSR count). The maximum Gasteiger partial charge on any atom is 0.264 e. The first-order chi connectivity index (χ1) is 15.6. The van der Waals surface area contributed by atoms with E-state index in [9.17, 15) is 9.59 Å². The summed E-state index contributed by atoms with van der Waals surface area (Å²) in [6.07, 6.45) is 0. The van der Waals surface area contributed by atoms with Crippen molar-refractivity contribution in [2.24, 2.45) is 0 Å². The number of methoxy groups -OCH3 is 1. The van der Waals surface area contributed by atoms with E-state index in [0.717, 1.165) is 33.0 Å². The predicted molar refractivity (Wildman–Crippen MR) is 130 cm³/mol. The average molecular weight is 467 g/mol. The number of nitrogens with zero attached hydrogens (tertiary/aromatic N) is 4. The lowest BCUT2D eigenvalue weighted by molar-refractivity contribution is 0.0537. The third-order valence-corrected chi connectivity index (χ3v) is 7.20. The lowest BCUT2D eigenvalue weighted by atomic mass is 9.95. The number of aryl methyl sites for hydroxylation is 2. The van der Waals surface area contributed by atoms with E-state index in [2.05, 4.69) is 20.8 Å². The molecule has 0 N–H and O–H groups in total. The highest BCUT2D eigenvalue weighted by Crippen LogP contribution is 2.34. The van der Waals surface area contributed by atoms with Crippen LogP contribution in [0.1, 0.15) is 57.9 Å². The van der Waals surface area contributed by atoms with Gasteiger partial charge in [-0.1, -0.05) is 20.8 Å². The van der Waals surface area contributed by atoms with Gasteiger partial charge in [-0.25, -0.2) is 9.97 Å². The molecule has 1 aliphatic rings. The fraction of sp³-hybridized carbons (Fsp3) is 0.440. The molecule has 174 valence electrons. The number of ether oxygens (including phenoxy) is 1. The Kier molecular flexibility index (Phi) is 6.14. The van der Waals surface area contributed by atoms with Crippen LogP contribution >= 0.6 is 11.3 Å². The highest BCUT2D eigenvalue weighted by Gasteiger charge is 2.29. The van der Waals surface area contributed by atoms with Crippen LogP contribution in [-0.2, 0) is 5.41 Å². The summed E-state index contributed by atoms with van der Waals surface area (Å²) < 4.78 is 5.16. The Morgan fingerprint density at radius 3 is 2.06 bits per heavy atom. The normalized spacial score (nSPS) is 14.6. The molecule has 1 saturated heterocycles. The number of carbonyl (C=O) groups is 2. The van der Waals surface area contributed by atoms with Gasteiger partial charge in [0.05, 0.1) is 17.7 Å². The van der Waals surface area contributed by atoms with Gasteiger partial charge in [-0.2, -0.15) is 0 Å². The number of aromatic nitrogens is 2. The highest BCUT2D eigenvalue weighted by atomic mass is 32.1. The van der Waals surface area contributed by atoms with Crippen LogP contribution in [0.15, 0.2) is 24.3 Å². The van der Waals surface area contributed by atoms with E-state index in [1.54, 1.807) is 36.3 Å². The summed E-state index contributed by atoms with van der Waals surface area (Å²) in [5.74, 6) is 1.49. The molecule has 1 aliphatic heterocycles. The van der Waals surface area contributed by atoms with Crippen LogP contribution in [0.2, 0.25) is 0 Å². The molecule has 2 aromatic heterocycles. The molecule has 1 fully saturated rings. The maximum atomic E-state index is 13.4. The van der Waals surface area contributed by atoms with Crippen LogP contribution in [0.3, 0.4) is 0 Å². The third-order valence-electron chi connectivity index (χ3n) is 6.03. The van der Waals surface area contributed by atoms with E-state index in [1.165, 1.54) is 11.3 Å². The minimum atomic E-state index is -0.159. The molecule has 0 bridgehead atoms. The lowest BCUT2D eigenvalue weighted by Gasteiger charge is -2.34. The van der Waals surface area contributed by atoms with Crippen molar-refractivity contribution in [2.75, 3.05) is 33.3 Å². The van der Waals surface area contributed by atoms with Gasteiger partial charge < -0.3 is 14.5 Å². The van der Waals surface area contributed by atoms with Gasteiger partial charge in [0, 0.05) is 42.5 Å². The molecule has 0 aliphatic carbocycles. The largest absolute Gasteiger partial charge is 0.497 e. The first-order valence-corrected chi connectivity index (χ1v) is 11.9. The van der Waals surface area contributed by atoms with Crippen LogP contribution in [0, 0.1) is 13.8 Å². The molecule has 1 aromatic carbocycles. The van der Waals surface area contributed by atoms with Gasteiger partial charge in [-0.15, -0.1) is 11.3 Å². The number of rotatable bonds is 3. The first kappa shape index (κ1) is 23.2. The second kappa shape index (κ2) is 8.74. The SMILES string of the molecule is COc1ccc(C(=O)N2CCN(C(=O)c3sc4nc(C(C)(C)C)nc(C)c4c3C)CC2)cc1. The fourth-order valence-corrected chi connectivity index (χ4v) is 5.25. The van der Waals surface area contributed by atoms with Crippen molar-refractivity contribution in [2.45, 2.75) is 40.0 Å². The first-order valence-electron chi connectivity index (χ1n) is 11.1. The second-order valence-electron chi connectivity index (χ2n) is 9.43. The van der Waals surface area contributed by atoms with Gasteiger partial charge in [0.15, 0.2) is 0 Å². The Hall–Kier alpha value is -3.00. The topological polar surface area (TPSA) is 75.6 Å². The summed E-state index contributed by atoms with van der Waals surface area (Å²) in [6, 6.07) is 7.11. The van der Waals surface area contributed by atoms with Crippen LogP contribution in [0.25, 0.3) is 10.2 Å². The zero-order chi connectivity index (χ0) is 23.9. The Balaban J connectivity index is 1.50. The fourth-order valence-electron chi connectivity index (χ4n) is 4.05. The number of hydrogen-bond acceptors (Lipinski definition) is 6. The van der Waals surface area contributed by atoms with Gasteiger partial charge in [-0.3, -0.25) is 9.59 Å². The quantitative estimate of drug-likeness (QED) is 0.578. The molecule has 0 saturated carbocycles. The van der Waals surface area contributed by atoms with Crippen molar-refractivity contribution >= 4 is 33.4 Å². The summed E-state index contributed by atoms with van der Waals surface area (Å²) in [6.45, 7) is 12.3. The maximum absolute atomic E-state index is 13.4. The molecule has 8 heteroatoms. The summed E-state index contributed by atoms with van der Waals surface area (Å²) >= 11 is 1.44. The predicted octanol–water partition coefficient (Wildman–Crippen LogP) is 4.21. The number of benzene rings is 1. The molecule has 0 unspecified atom stereocenters. The smallest absolute Gasteiger partial charge is 0.264 e. The van der Waals surface area contributed by atoms with Crippen molar-refractivity contribution in [1.82, 2.24) is 19.8 Å². The minimum Gasteiger partial charge on any atom is -0.497 e. The van der Waals surface area contributed by atoms with Crippen molar-refractivity contribution in [3.8, 4) is 5.75 Å². The average Bonchev–Trinajstić information content (AvgIpc) is 3.14. The zero-order valence-electron chi connectivity index (χ0n) is 20.1. The van der Waals surface area contributed by atoms with Crippen LogP contribution in [0.4, 0.5) is 0 Å². The van der Waals surface area contributed by atoms with E-state index >= 15 is 0 Å². The van der Waals surface area contributed by atoms with E-state index in [4.69, 9.17) is 14.7 Å². The standard InChI is InChI=1S/C25H30N4O3S/c1-15-19-16(2)26-24(25(3,4)5)27-21(19)33-20(15)23(31)29-13-11-28(12-14-29)22(30)17-7-9-18(32-6)10-8-17/h7-10H,11-14H2,1-6H3. The van der Waals surface area contributed by atoms with Crippen LogP contribution in [-0.4, -0.2) is 64.9 Å². The minimum absolute atomic E-state index is 0.00348. The molecule has 3 aromatic rings. The van der Waals surface area contributed by atoms with Crippen molar-refractivity contribution in [3.05, 3.63) is 51.8 Å². The van der Waals surface area contributed by atoms with E-state index in [0.29, 0.717) is 36.6 Å². The van der Waals surface area contributed by atoms with Crippen LogP contribution in [0.5, 0.6) is 5.75 Å². The number of hydrogen-bond donors (Lipinski definition) is 0. The van der Waals surface area contributed by atoms with Gasteiger partial charge >= 0.3 is 0 Å². The van der Waals surface area contributed by atoms with Crippen LogP contribution < -0.4 is 4.74 Å². The molecule has 7 nitrogen and oxygen atoms in total. The van der Waals surface area contributed by atoms with Gasteiger partial charge in [0.2, 0.25) is 0 Å². The Morgan fingerprint density at radius 2 is 1.52 bits per heavy atom. The van der Waals surface area contributed by atoms with Crippen molar-refractivity contribution in [3.63, 3.8) is 0 Å². The Bertz CT molecular complexity index is 1200. The number of thiophene rings is 1. The summed E-state index contributed by atoms with van der Waals surface area (Å²) in [7, 11) is 1.60. The number of fused-ring (bicyclic) bond motifs is 1. The second-order valence-corrected chi connectivity index (χ2v) is 10.4. The number of amides is 2. The number of carbonyl (C=O) groups excluding carboxylic acids is 2. The summed E-state index contributed by atoms with van der Waals surface area (Å²) in [5.41, 5.74) is 2.32. The lowest BCUT2D eigenvalue weighted by Crippen LogP contribution is -2.50. The summed E-state index contributed by atoms with van der Waals surface area (Å²) in [5, 5.41) is 0.977. The molecule has 0 atom stereocenters. The monoisotopic (exact) mass is 466 g/mol. The Labute approximate surface area is 198 Å². The molecule has 3 heterocycles. The van der Waals surface area contributed by atoms with Crippen molar-refractivity contribution in [1.29, 1.82) is 0 Å². The van der Waals surface area contributed by atoms with E-state index in [1.807, 2.05) is 18.7 Å². The molecular formula is C25H30N4O3S. The zero-order valence-corrected chi connectivity index (χ0v) is 20.9. The van der Waals surface area contributed by atoms with Gasteiger partial charge in [0.1, 0.15) is 16.4 Å². The molecule has 33 heavy (non-hydrogen) atoms. The number of piperazine rings is 1. The molecule has 0 radical (unpaired) electrons. The molecule has 2 amide bonds. The van der Waals surface area contributed by atoms with E-state index < -0.39 is 0 Å². The highest BCUT2D eigenvalue weighted by molar-refractivity contribution is 7.20. The van der Waals surface area contributed by atoms with E-state index in [-0.39, 0.29) is 17.2 Å². The third kappa shape index (κ3) is 4.44.